The Bertz CT molecular complexity index is 487. The third-order valence-corrected chi connectivity index (χ3v) is 2.79. The summed E-state index contributed by atoms with van der Waals surface area (Å²) >= 11 is 5.98. The van der Waals surface area contributed by atoms with Crippen LogP contribution in [0.5, 0.6) is 0 Å². The van der Waals surface area contributed by atoms with Crippen LogP contribution in [0.3, 0.4) is 0 Å². The molecule has 0 unspecified atom stereocenters. The molecule has 2 nitrogen and oxygen atoms in total. The zero-order valence-corrected chi connectivity index (χ0v) is 8.94. The second kappa shape index (κ2) is 3.30. The van der Waals surface area contributed by atoms with E-state index in [1.807, 2.05) is 19.9 Å². The van der Waals surface area contributed by atoms with E-state index < -0.39 is 0 Å². The molecule has 0 spiro atoms. The molecule has 0 saturated carbocycles. The number of nitrogens with one attached hydrogen (secondary N) is 1. The Kier molecular flexibility index (Phi) is 2.25. The van der Waals surface area contributed by atoms with Crippen molar-refractivity contribution in [2.45, 2.75) is 20.5 Å². The first-order chi connectivity index (χ1) is 6.63. The summed E-state index contributed by atoms with van der Waals surface area (Å²) < 4.78 is 0. The molecule has 0 bridgehead atoms. The van der Waals surface area contributed by atoms with Crippen LogP contribution in [-0.2, 0) is 6.61 Å². The average Bonchev–Trinajstić information content (AvgIpc) is 2.41. The zero-order valence-electron chi connectivity index (χ0n) is 8.19. The number of hydrogen-bond acceptors (Lipinski definition) is 1. The Hall–Kier alpha value is -0.990. The lowest BCUT2D eigenvalue weighted by molar-refractivity contribution is 0.283. The van der Waals surface area contributed by atoms with Crippen molar-refractivity contribution in [3.05, 3.63) is 34.0 Å². The van der Waals surface area contributed by atoms with E-state index in [1.54, 1.807) is 0 Å². The quantitative estimate of drug-likeness (QED) is 0.745. The first kappa shape index (κ1) is 9.56. The third kappa shape index (κ3) is 1.31. The lowest BCUT2D eigenvalue weighted by Gasteiger charge is -1.99. The van der Waals surface area contributed by atoms with Gasteiger partial charge >= 0.3 is 0 Å². The second-order valence-corrected chi connectivity index (χ2v) is 3.96. The minimum atomic E-state index is -0.0261. The van der Waals surface area contributed by atoms with Crippen LogP contribution >= 0.6 is 11.6 Å². The van der Waals surface area contributed by atoms with Crippen molar-refractivity contribution in [2.24, 2.45) is 0 Å². The Morgan fingerprint density at radius 3 is 2.71 bits per heavy atom. The number of halogens is 1. The van der Waals surface area contributed by atoms with E-state index in [9.17, 15) is 5.11 Å². The van der Waals surface area contributed by atoms with E-state index in [4.69, 9.17) is 11.6 Å². The van der Waals surface area contributed by atoms with Gasteiger partial charge in [0.15, 0.2) is 0 Å². The largest absolute Gasteiger partial charge is 0.392 e. The van der Waals surface area contributed by atoms with Gasteiger partial charge in [0, 0.05) is 16.5 Å². The standard InChI is InChI=1S/C11H12ClNO/c1-6-3-7(2)10-8(4-6)9(5-14)11(12)13-10/h3-4,13-14H,5H2,1-2H3. The highest BCUT2D eigenvalue weighted by molar-refractivity contribution is 6.31. The maximum atomic E-state index is 9.18. The van der Waals surface area contributed by atoms with Gasteiger partial charge < -0.3 is 10.1 Å². The fourth-order valence-corrected chi connectivity index (χ4v) is 2.09. The van der Waals surface area contributed by atoms with Crippen LogP contribution in [-0.4, -0.2) is 10.1 Å². The maximum Gasteiger partial charge on any atom is 0.112 e. The predicted molar refractivity (Wildman–Crippen MR) is 58.7 cm³/mol. The van der Waals surface area contributed by atoms with Crippen LogP contribution in [0.15, 0.2) is 12.1 Å². The summed E-state index contributed by atoms with van der Waals surface area (Å²) in [4.78, 5) is 3.08. The first-order valence-electron chi connectivity index (χ1n) is 4.51. The van der Waals surface area contributed by atoms with Crippen molar-refractivity contribution in [1.29, 1.82) is 0 Å². The Balaban J connectivity index is 2.87. The summed E-state index contributed by atoms with van der Waals surface area (Å²) in [5.74, 6) is 0. The monoisotopic (exact) mass is 209 g/mol. The van der Waals surface area contributed by atoms with E-state index in [1.165, 1.54) is 5.56 Å². The van der Waals surface area contributed by atoms with Crippen LogP contribution in [0.1, 0.15) is 16.7 Å². The molecule has 0 fully saturated rings. The van der Waals surface area contributed by atoms with Crippen molar-refractivity contribution >= 4 is 22.5 Å². The van der Waals surface area contributed by atoms with Crippen LogP contribution in [0.25, 0.3) is 10.9 Å². The van der Waals surface area contributed by atoms with E-state index in [2.05, 4.69) is 11.1 Å². The molecule has 0 aliphatic heterocycles. The Morgan fingerprint density at radius 1 is 1.36 bits per heavy atom. The van der Waals surface area contributed by atoms with Gasteiger partial charge in [-0.15, -0.1) is 0 Å². The lowest BCUT2D eigenvalue weighted by atomic mass is 10.1. The van der Waals surface area contributed by atoms with Crippen molar-refractivity contribution < 1.29 is 5.11 Å². The normalized spacial score (nSPS) is 11.1. The molecule has 2 N–H and O–H groups in total. The number of H-pyrrole nitrogens is 1. The van der Waals surface area contributed by atoms with Crippen LogP contribution in [0.2, 0.25) is 5.15 Å². The molecule has 0 atom stereocenters. The zero-order chi connectivity index (χ0) is 10.3. The number of aliphatic hydroxyl groups excluding tert-OH is 1. The fraction of sp³-hybridized carbons (Fsp3) is 0.273. The molecular formula is C11H12ClNO. The molecule has 0 radical (unpaired) electrons. The van der Waals surface area contributed by atoms with Crippen LogP contribution in [0, 0.1) is 13.8 Å². The number of rotatable bonds is 1. The van der Waals surface area contributed by atoms with Gasteiger partial charge in [-0.2, -0.15) is 0 Å². The molecule has 14 heavy (non-hydrogen) atoms. The molecule has 0 saturated heterocycles. The fourth-order valence-electron chi connectivity index (χ4n) is 1.83. The highest BCUT2D eigenvalue weighted by Gasteiger charge is 2.10. The van der Waals surface area contributed by atoms with Gasteiger partial charge in [-0.3, -0.25) is 0 Å². The molecule has 1 aromatic carbocycles. The number of aromatic amines is 1. The van der Waals surface area contributed by atoms with Crippen LogP contribution < -0.4 is 0 Å². The number of aliphatic hydroxyl groups is 1. The average molecular weight is 210 g/mol. The molecule has 1 aromatic heterocycles. The van der Waals surface area contributed by atoms with Gasteiger partial charge in [0.1, 0.15) is 5.15 Å². The van der Waals surface area contributed by atoms with Crippen molar-refractivity contribution in [3.63, 3.8) is 0 Å². The Labute approximate surface area is 87.5 Å². The minimum Gasteiger partial charge on any atom is -0.392 e. The van der Waals surface area contributed by atoms with Crippen molar-refractivity contribution in [1.82, 2.24) is 4.98 Å². The van der Waals surface area contributed by atoms with Gasteiger partial charge in [-0.05, 0) is 25.5 Å². The smallest absolute Gasteiger partial charge is 0.112 e. The SMILES string of the molecule is Cc1cc(C)c2[nH]c(Cl)c(CO)c2c1. The number of aromatic nitrogens is 1. The topological polar surface area (TPSA) is 36.0 Å². The van der Waals surface area contributed by atoms with Gasteiger partial charge in [-0.25, -0.2) is 0 Å². The summed E-state index contributed by atoms with van der Waals surface area (Å²) in [6.45, 7) is 4.04. The lowest BCUT2D eigenvalue weighted by Crippen LogP contribution is -1.83. The highest BCUT2D eigenvalue weighted by Crippen LogP contribution is 2.29. The number of benzene rings is 1. The summed E-state index contributed by atoms with van der Waals surface area (Å²) in [6, 6.07) is 4.13. The van der Waals surface area contributed by atoms with Gasteiger partial charge in [-0.1, -0.05) is 23.2 Å². The van der Waals surface area contributed by atoms with Gasteiger partial charge in [0.05, 0.1) is 6.61 Å². The minimum absolute atomic E-state index is 0.0261. The van der Waals surface area contributed by atoms with Gasteiger partial charge in [0.25, 0.3) is 0 Å². The van der Waals surface area contributed by atoms with E-state index in [-0.39, 0.29) is 6.61 Å². The first-order valence-corrected chi connectivity index (χ1v) is 4.89. The van der Waals surface area contributed by atoms with E-state index in [0.717, 1.165) is 22.0 Å². The molecule has 3 heteroatoms. The van der Waals surface area contributed by atoms with Gasteiger partial charge in [0.2, 0.25) is 0 Å². The second-order valence-electron chi connectivity index (χ2n) is 3.58. The third-order valence-electron chi connectivity index (χ3n) is 2.46. The molecule has 0 aliphatic rings. The molecule has 2 aromatic rings. The highest BCUT2D eigenvalue weighted by atomic mass is 35.5. The van der Waals surface area contributed by atoms with Crippen molar-refractivity contribution in [2.75, 3.05) is 0 Å². The molecule has 0 aliphatic carbocycles. The number of hydrogen-bond donors (Lipinski definition) is 2. The molecule has 74 valence electrons. The summed E-state index contributed by atoms with van der Waals surface area (Å²) in [5, 5.41) is 10.7. The molecule has 1 heterocycles. The molecule has 0 amide bonds. The summed E-state index contributed by atoms with van der Waals surface area (Å²) in [5.41, 5.74) is 4.14. The van der Waals surface area contributed by atoms with E-state index >= 15 is 0 Å². The molecule has 2 rings (SSSR count). The van der Waals surface area contributed by atoms with Crippen molar-refractivity contribution in [3.8, 4) is 0 Å². The Morgan fingerprint density at radius 2 is 2.07 bits per heavy atom. The van der Waals surface area contributed by atoms with E-state index in [0.29, 0.717) is 5.15 Å². The predicted octanol–water partition coefficient (Wildman–Crippen LogP) is 2.93. The van der Waals surface area contributed by atoms with Crippen LogP contribution in [0.4, 0.5) is 0 Å². The summed E-state index contributed by atoms with van der Waals surface area (Å²) in [7, 11) is 0. The molecular weight excluding hydrogens is 198 g/mol. The summed E-state index contributed by atoms with van der Waals surface area (Å²) in [6.07, 6.45) is 0. The number of fused-ring (bicyclic) bond motifs is 1. The maximum absolute atomic E-state index is 9.18. The number of aryl methyl sites for hydroxylation is 2.